The van der Waals surface area contributed by atoms with Crippen molar-refractivity contribution < 1.29 is 9.59 Å². The fourth-order valence-corrected chi connectivity index (χ4v) is 2.10. The first-order valence-electron chi connectivity index (χ1n) is 5.98. The maximum absolute atomic E-state index is 11.7. The minimum absolute atomic E-state index is 0.0926. The van der Waals surface area contributed by atoms with Gasteiger partial charge in [-0.1, -0.05) is 11.6 Å². The van der Waals surface area contributed by atoms with E-state index in [4.69, 9.17) is 11.6 Å². The van der Waals surface area contributed by atoms with Crippen molar-refractivity contribution in [3.05, 3.63) is 29.3 Å². The summed E-state index contributed by atoms with van der Waals surface area (Å²) >= 11 is 5.76. The fraction of sp³-hybridized carbons (Fsp3) is 0.385. The molecule has 0 aliphatic heterocycles. The zero-order valence-electron chi connectivity index (χ0n) is 9.91. The Bertz CT molecular complexity index is 435. The van der Waals surface area contributed by atoms with Crippen molar-refractivity contribution in [2.24, 2.45) is 0 Å². The Kier molecular flexibility index (Phi) is 4.20. The molecule has 5 heteroatoms. The number of hydrogen-bond donors (Lipinski definition) is 2. The maximum Gasteiger partial charge on any atom is 0.319 e. The predicted octanol–water partition coefficient (Wildman–Crippen LogP) is 2.97. The number of carbonyl (C=O) groups excluding carboxylic acids is 2. The summed E-state index contributed by atoms with van der Waals surface area (Å²) in [6.45, 7) is 0. The summed E-state index contributed by atoms with van der Waals surface area (Å²) in [6.07, 6.45) is 2.58. The summed E-state index contributed by atoms with van der Waals surface area (Å²) in [6, 6.07) is 6.78. The van der Waals surface area contributed by atoms with Crippen LogP contribution in [0.4, 0.5) is 10.5 Å². The third-order valence-electron chi connectivity index (χ3n) is 2.98. The van der Waals surface area contributed by atoms with Gasteiger partial charge < -0.3 is 10.6 Å². The van der Waals surface area contributed by atoms with E-state index < -0.39 is 0 Å². The third kappa shape index (κ3) is 3.74. The monoisotopic (exact) mass is 266 g/mol. The molecule has 4 nitrogen and oxygen atoms in total. The van der Waals surface area contributed by atoms with Crippen LogP contribution in [0.2, 0.25) is 5.02 Å². The Morgan fingerprint density at radius 3 is 2.39 bits per heavy atom. The first kappa shape index (κ1) is 12.9. The van der Waals surface area contributed by atoms with E-state index in [-0.39, 0.29) is 17.9 Å². The van der Waals surface area contributed by atoms with Crippen LogP contribution in [0.25, 0.3) is 0 Å². The lowest BCUT2D eigenvalue weighted by atomic mass is 9.94. The molecule has 2 rings (SSSR count). The SMILES string of the molecule is O=C1CCC(NC(=O)Nc2ccc(Cl)cc2)CC1. The summed E-state index contributed by atoms with van der Waals surface area (Å²) in [5.74, 6) is 0.283. The second-order valence-corrected chi connectivity index (χ2v) is 4.85. The molecule has 0 radical (unpaired) electrons. The Hall–Kier alpha value is -1.55. The standard InChI is InChI=1S/C13H15ClN2O2/c14-9-1-3-10(4-2-9)15-13(18)16-11-5-7-12(17)8-6-11/h1-4,11H,5-8H2,(H2,15,16,18). The number of ketones is 1. The van der Waals surface area contributed by atoms with Crippen LogP contribution in [-0.4, -0.2) is 17.9 Å². The van der Waals surface area contributed by atoms with Crippen LogP contribution in [0, 0.1) is 0 Å². The van der Waals surface area contributed by atoms with Crippen molar-refractivity contribution in [1.29, 1.82) is 0 Å². The number of Topliss-reactive ketones (excluding diaryl/α,β-unsaturated/α-hetero) is 1. The van der Waals surface area contributed by atoms with Crippen LogP contribution < -0.4 is 10.6 Å². The number of halogens is 1. The lowest BCUT2D eigenvalue weighted by Crippen LogP contribution is -2.40. The van der Waals surface area contributed by atoms with Crippen molar-refractivity contribution in [1.82, 2.24) is 5.32 Å². The van der Waals surface area contributed by atoms with Crippen molar-refractivity contribution in [2.45, 2.75) is 31.7 Å². The van der Waals surface area contributed by atoms with Gasteiger partial charge in [0.1, 0.15) is 5.78 Å². The van der Waals surface area contributed by atoms with Gasteiger partial charge in [-0.05, 0) is 37.1 Å². The molecular formula is C13H15ClN2O2. The molecule has 96 valence electrons. The van der Waals surface area contributed by atoms with Gasteiger partial charge in [0.15, 0.2) is 0 Å². The molecule has 1 aromatic carbocycles. The van der Waals surface area contributed by atoms with E-state index in [9.17, 15) is 9.59 Å². The van der Waals surface area contributed by atoms with Crippen LogP contribution in [-0.2, 0) is 4.79 Å². The van der Waals surface area contributed by atoms with Crippen molar-refractivity contribution in [3.63, 3.8) is 0 Å². The number of rotatable bonds is 2. The average Bonchev–Trinajstić information content (AvgIpc) is 2.35. The molecule has 0 spiro atoms. The molecule has 1 aliphatic rings. The van der Waals surface area contributed by atoms with Gasteiger partial charge in [-0.15, -0.1) is 0 Å². The van der Waals surface area contributed by atoms with Crippen molar-refractivity contribution in [3.8, 4) is 0 Å². The van der Waals surface area contributed by atoms with E-state index >= 15 is 0 Å². The summed E-state index contributed by atoms with van der Waals surface area (Å²) in [5.41, 5.74) is 0.698. The number of carbonyl (C=O) groups is 2. The van der Waals surface area contributed by atoms with Gasteiger partial charge in [0.2, 0.25) is 0 Å². The largest absolute Gasteiger partial charge is 0.335 e. The van der Waals surface area contributed by atoms with Crippen molar-refractivity contribution in [2.75, 3.05) is 5.32 Å². The molecule has 0 unspecified atom stereocenters. The molecule has 1 saturated carbocycles. The molecule has 1 fully saturated rings. The zero-order valence-corrected chi connectivity index (χ0v) is 10.7. The van der Waals surface area contributed by atoms with Crippen LogP contribution >= 0.6 is 11.6 Å². The number of hydrogen-bond acceptors (Lipinski definition) is 2. The molecule has 1 aliphatic carbocycles. The van der Waals surface area contributed by atoms with Gasteiger partial charge >= 0.3 is 6.03 Å². The Morgan fingerprint density at radius 2 is 1.78 bits per heavy atom. The molecule has 1 aromatic rings. The van der Waals surface area contributed by atoms with E-state index in [1.807, 2.05) is 0 Å². The van der Waals surface area contributed by atoms with E-state index in [2.05, 4.69) is 10.6 Å². The van der Waals surface area contributed by atoms with Gasteiger partial charge in [0.05, 0.1) is 0 Å². The topological polar surface area (TPSA) is 58.2 Å². The average molecular weight is 267 g/mol. The van der Waals surface area contributed by atoms with Crippen LogP contribution in [0.3, 0.4) is 0 Å². The molecule has 2 amide bonds. The van der Waals surface area contributed by atoms with E-state index in [0.29, 0.717) is 23.6 Å². The number of nitrogens with one attached hydrogen (secondary N) is 2. The molecule has 0 atom stereocenters. The molecule has 0 aromatic heterocycles. The summed E-state index contributed by atoms with van der Waals surface area (Å²) in [4.78, 5) is 22.8. The highest BCUT2D eigenvalue weighted by molar-refractivity contribution is 6.30. The van der Waals surface area contributed by atoms with Crippen LogP contribution in [0.5, 0.6) is 0 Å². The Labute approximate surface area is 111 Å². The van der Waals surface area contributed by atoms with Gasteiger partial charge in [-0.3, -0.25) is 4.79 Å². The number of anilines is 1. The number of amides is 2. The number of urea groups is 1. The third-order valence-corrected chi connectivity index (χ3v) is 3.23. The van der Waals surface area contributed by atoms with E-state index in [1.54, 1.807) is 24.3 Å². The first-order valence-corrected chi connectivity index (χ1v) is 6.36. The molecular weight excluding hydrogens is 252 g/mol. The summed E-state index contributed by atoms with van der Waals surface area (Å²) < 4.78 is 0. The van der Waals surface area contributed by atoms with Crippen LogP contribution in [0.15, 0.2) is 24.3 Å². The lowest BCUT2D eigenvalue weighted by molar-refractivity contribution is -0.120. The lowest BCUT2D eigenvalue weighted by Gasteiger charge is -2.22. The minimum atomic E-state index is -0.239. The van der Waals surface area contributed by atoms with Gasteiger partial charge in [0.25, 0.3) is 0 Å². The quantitative estimate of drug-likeness (QED) is 0.865. The molecule has 0 bridgehead atoms. The summed E-state index contributed by atoms with van der Waals surface area (Å²) in [7, 11) is 0. The minimum Gasteiger partial charge on any atom is -0.335 e. The van der Waals surface area contributed by atoms with Gasteiger partial charge in [0, 0.05) is 29.6 Å². The molecule has 2 N–H and O–H groups in total. The second-order valence-electron chi connectivity index (χ2n) is 4.42. The first-order chi connectivity index (χ1) is 8.63. The second kappa shape index (κ2) is 5.87. The van der Waals surface area contributed by atoms with Crippen LogP contribution in [0.1, 0.15) is 25.7 Å². The molecule has 0 heterocycles. The molecule has 18 heavy (non-hydrogen) atoms. The fourth-order valence-electron chi connectivity index (χ4n) is 1.97. The predicted molar refractivity (Wildman–Crippen MR) is 70.9 cm³/mol. The zero-order chi connectivity index (χ0) is 13.0. The van der Waals surface area contributed by atoms with Gasteiger partial charge in [-0.25, -0.2) is 4.79 Å². The highest BCUT2D eigenvalue weighted by Gasteiger charge is 2.19. The highest BCUT2D eigenvalue weighted by atomic mass is 35.5. The number of benzene rings is 1. The van der Waals surface area contributed by atoms with Gasteiger partial charge in [-0.2, -0.15) is 0 Å². The summed E-state index contributed by atoms with van der Waals surface area (Å²) in [5, 5.41) is 6.23. The normalized spacial score (nSPS) is 16.4. The van der Waals surface area contributed by atoms with E-state index in [1.165, 1.54) is 0 Å². The van der Waals surface area contributed by atoms with Crippen molar-refractivity contribution >= 4 is 29.1 Å². The smallest absolute Gasteiger partial charge is 0.319 e. The van der Waals surface area contributed by atoms with E-state index in [0.717, 1.165) is 12.8 Å². The molecule has 0 saturated heterocycles. The highest BCUT2D eigenvalue weighted by Crippen LogP contribution is 2.16. The Morgan fingerprint density at radius 1 is 1.17 bits per heavy atom. The maximum atomic E-state index is 11.7. The Balaban J connectivity index is 1.81.